The van der Waals surface area contributed by atoms with Crippen molar-refractivity contribution in [2.75, 3.05) is 32.8 Å². The van der Waals surface area contributed by atoms with Crippen LogP contribution >= 0.6 is 23.2 Å². The maximum atomic E-state index is 13.0. The van der Waals surface area contributed by atoms with Gasteiger partial charge in [-0.05, 0) is 18.6 Å². The molecule has 1 saturated heterocycles. The number of nitrogens with zero attached hydrogens (tertiary/aromatic N) is 2. The summed E-state index contributed by atoms with van der Waals surface area (Å²) >= 11 is 12.3. The molecule has 2 heterocycles. The summed E-state index contributed by atoms with van der Waals surface area (Å²) in [5, 5.41) is 0.855. The van der Waals surface area contributed by atoms with Gasteiger partial charge in [0.2, 0.25) is 0 Å². The number of unbranched alkanes of at least 4 members (excludes halogenated alkanes) is 1. The van der Waals surface area contributed by atoms with Crippen LogP contribution in [0.15, 0.2) is 23.9 Å². The molecule has 0 bridgehead atoms. The number of imide groups is 1. The summed E-state index contributed by atoms with van der Waals surface area (Å²) < 4.78 is 5.38. The molecule has 5 nitrogen and oxygen atoms in total. The van der Waals surface area contributed by atoms with E-state index in [1.54, 1.807) is 18.2 Å². The maximum Gasteiger partial charge on any atom is 0.277 e. The van der Waals surface area contributed by atoms with Gasteiger partial charge in [0.05, 0.1) is 23.8 Å². The highest BCUT2D eigenvalue weighted by Crippen LogP contribution is 2.36. The second-order valence-electron chi connectivity index (χ2n) is 6.06. The summed E-state index contributed by atoms with van der Waals surface area (Å²) in [5.41, 5.74) is 1.34. The molecule has 25 heavy (non-hydrogen) atoms. The molecule has 0 saturated carbocycles. The first-order valence-corrected chi connectivity index (χ1v) is 9.18. The molecule has 0 spiro atoms. The fourth-order valence-electron chi connectivity index (χ4n) is 3.10. The van der Waals surface area contributed by atoms with Crippen molar-refractivity contribution in [3.8, 4) is 0 Å². The van der Waals surface area contributed by atoms with Crippen molar-refractivity contribution in [2.24, 2.45) is 0 Å². The first-order chi connectivity index (χ1) is 12.0. The van der Waals surface area contributed by atoms with Gasteiger partial charge in [0.25, 0.3) is 11.8 Å². The average molecular weight is 383 g/mol. The largest absolute Gasteiger partial charge is 0.378 e. The molecule has 2 aliphatic heterocycles. The van der Waals surface area contributed by atoms with Crippen LogP contribution in [0.2, 0.25) is 10.0 Å². The Morgan fingerprint density at radius 2 is 1.84 bits per heavy atom. The summed E-state index contributed by atoms with van der Waals surface area (Å²) in [6.07, 6.45) is 1.68. The number of morpholine rings is 1. The predicted molar refractivity (Wildman–Crippen MR) is 97.4 cm³/mol. The highest BCUT2D eigenvalue weighted by Gasteiger charge is 2.42. The number of benzene rings is 1. The molecule has 0 unspecified atom stereocenters. The van der Waals surface area contributed by atoms with E-state index in [9.17, 15) is 9.59 Å². The van der Waals surface area contributed by atoms with E-state index in [1.165, 1.54) is 4.90 Å². The number of halogens is 2. The third kappa shape index (κ3) is 3.54. The fourth-order valence-corrected chi connectivity index (χ4v) is 3.60. The van der Waals surface area contributed by atoms with Gasteiger partial charge in [-0.2, -0.15) is 0 Å². The van der Waals surface area contributed by atoms with Crippen LogP contribution in [0.3, 0.4) is 0 Å². The molecule has 134 valence electrons. The van der Waals surface area contributed by atoms with Crippen molar-refractivity contribution in [3.05, 3.63) is 39.5 Å². The van der Waals surface area contributed by atoms with Gasteiger partial charge in [0.1, 0.15) is 5.70 Å². The Bertz CT molecular complexity index is 727. The molecule has 0 aliphatic carbocycles. The molecule has 0 atom stereocenters. The Morgan fingerprint density at radius 3 is 2.48 bits per heavy atom. The number of carbonyl (C=O) groups is 2. The van der Waals surface area contributed by atoms with Gasteiger partial charge in [-0.25, -0.2) is 0 Å². The molecule has 0 radical (unpaired) electrons. The minimum Gasteiger partial charge on any atom is -0.378 e. The molecule has 0 N–H and O–H groups in total. The summed E-state index contributed by atoms with van der Waals surface area (Å²) in [6.45, 7) is 4.65. The molecule has 3 rings (SSSR count). The van der Waals surface area contributed by atoms with Crippen molar-refractivity contribution in [3.63, 3.8) is 0 Å². The van der Waals surface area contributed by atoms with E-state index in [1.807, 2.05) is 11.8 Å². The molecule has 2 aliphatic rings. The monoisotopic (exact) mass is 382 g/mol. The Morgan fingerprint density at radius 1 is 1.12 bits per heavy atom. The fraction of sp³-hybridized carbons (Fsp3) is 0.444. The maximum absolute atomic E-state index is 13.0. The van der Waals surface area contributed by atoms with E-state index in [0.717, 1.165) is 12.8 Å². The lowest BCUT2D eigenvalue weighted by Gasteiger charge is -2.29. The van der Waals surface area contributed by atoms with Crippen molar-refractivity contribution in [1.82, 2.24) is 9.80 Å². The van der Waals surface area contributed by atoms with Crippen LogP contribution in [-0.2, 0) is 14.3 Å². The number of hydrogen-bond acceptors (Lipinski definition) is 4. The minimum absolute atomic E-state index is 0.249. The topological polar surface area (TPSA) is 49.9 Å². The Kier molecular flexibility index (Phi) is 5.67. The molecular formula is C18H20Cl2N2O3. The van der Waals surface area contributed by atoms with Gasteiger partial charge in [-0.15, -0.1) is 0 Å². The lowest BCUT2D eigenvalue weighted by atomic mass is 10.0. The third-order valence-electron chi connectivity index (χ3n) is 4.41. The summed E-state index contributed by atoms with van der Waals surface area (Å²) in [6, 6.07) is 4.98. The highest BCUT2D eigenvalue weighted by molar-refractivity contribution is 6.41. The third-order valence-corrected chi connectivity index (χ3v) is 4.95. The lowest BCUT2D eigenvalue weighted by Crippen LogP contribution is -2.40. The Labute approximate surface area is 157 Å². The first kappa shape index (κ1) is 18.2. The Hall–Kier alpha value is -1.56. The van der Waals surface area contributed by atoms with Crippen LogP contribution in [0, 0.1) is 0 Å². The average Bonchev–Trinajstić information content (AvgIpc) is 2.84. The second kappa shape index (κ2) is 7.77. The second-order valence-corrected chi connectivity index (χ2v) is 6.91. The van der Waals surface area contributed by atoms with Crippen LogP contribution in [0.1, 0.15) is 25.3 Å². The van der Waals surface area contributed by atoms with E-state index < -0.39 is 0 Å². The van der Waals surface area contributed by atoms with Crippen LogP contribution < -0.4 is 0 Å². The molecule has 1 aromatic carbocycles. The standard InChI is InChI=1S/C18H20Cl2N2O3/c1-2-3-6-22-17(23)15(13-5-4-12(19)11-14(13)20)16(18(22)24)21-7-9-25-10-8-21/h4-5,11H,2-3,6-10H2,1H3. The van der Waals surface area contributed by atoms with Crippen molar-refractivity contribution in [2.45, 2.75) is 19.8 Å². The van der Waals surface area contributed by atoms with Gasteiger partial charge in [0.15, 0.2) is 0 Å². The number of carbonyl (C=O) groups excluding carboxylic acids is 2. The highest BCUT2D eigenvalue weighted by atomic mass is 35.5. The van der Waals surface area contributed by atoms with Crippen LogP contribution in [0.4, 0.5) is 0 Å². The number of amides is 2. The van der Waals surface area contributed by atoms with Gasteiger partial charge in [-0.3, -0.25) is 14.5 Å². The number of rotatable bonds is 5. The van der Waals surface area contributed by atoms with Crippen LogP contribution in [0.25, 0.3) is 5.57 Å². The quantitative estimate of drug-likeness (QED) is 0.733. The van der Waals surface area contributed by atoms with Crippen molar-refractivity contribution < 1.29 is 14.3 Å². The van der Waals surface area contributed by atoms with E-state index in [0.29, 0.717) is 59.7 Å². The number of ether oxygens (including phenoxy) is 1. The zero-order chi connectivity index (χ0) is 18.0. The predicted octanol–water partition coefficient (Wildman–Crippen LogP) is 3.21. The molecule has 2 amide bonds. The lowest BCUT2D eigenvalue weighted by molar-refractivity contribution is -0.137. The summed E-state index contributed by atoms with van der Waals surface area (Å²) in [4.78, 5) is 29.2. The van der Waals surface area contributed by atoms with E-state index >= 15 is 0 Å². The van der Waals surface area contributed by atoms with Crippen LogP contribution in [-0.4, -0.2) is 54.5 Å². The van der Waals surface area contributed by atoms with Gasteiger partial charge in [-0.1, -0.05) is 42.6 Å². The molecule has 7 heteroatoms. The van der Waals surface area contributed by atoms with E-state index in [-0.39, 0.29) is 11.8 Å². The van der Waals surface area contributed by atoms with Gasteiger partial charge >= 0.3 is 0 Å². The SMILES string of the molecule is CCCCN1C(=O)C(c2ccc(Cl)cc2Cl)=C(N2CCOCC2)C1=O. The Balaban J connectivity index is 2.07. The molecular weight excluding hydrogens is 363 g/mol. The zero-order valence-electron chi connectivity index (χ0n) is 14.1. The van der Waals surface area contributed by atoms with Crippen molar-refractivity contribution >= 4 is 40.6 Å². The molecule has 1 aromatic rings. The van der Waals surface area contributed by atoms with Crippen molar-refractivity contribution in [1.29, 1.82) is 0 Å². The van der Waals surface area contributed by atoms with Gasteiger partial charge < -0.3 is 9.64 Å². The smallest absolute Gasteiger partial charge is 0.277 e. The first-order valence-electron chi connectivity index (χ1n) is 8.43. The summed E-state index contributed by atoms with van der Waals surface area (Å²) in [5.74, 6) is -0.537. The van der Waals surface area contributed by atoms with E-state index in [4.69, 9.17) is 27.9 Å². The summed E-state index contributed by atoms with van der Waals surface area (Å²) in [7, 11) is 0. The van der Waals surface area contributed by atoms with E-state index in [2.05, 4.69) is 0 Å². The number of hydrogen-bond donors (Lipinski definition) is 0. The minimum atomic E-state index is -0.288. The molecule has 1 fully saturated rings. The van der Waals surface area contributed by atoms with Crippen LogP contribution in [0.5, 0.6) is 0 Å². The van der Waals surface area contributed by atoms with Gasteiger partial charge in [0, 0.05) is 30.2 Å². The normalized spacial score (nSPS) is 18.5. The molecule has 0 aromatic heterocycles. The zero-order valence-corrected chi connectivity index (χ0v) is 15.6.